The minimum atomic E-state index is -1.39. The van der Waals surface area contributed by atoms with Crippen LogP contribution >= 0.6 is 0 Å². The lowest BCUT2D eigenvalue weighted by atomic mass is 9.84. The van der Waals surface area contributed by atoms with Crippen LogP contribution < -0.4 is 18.3 Å². The summed E-state index contributed by atoms with van der Waals surface area (Å²) < 4.78 is 86.5. The maximum Gasteiger partial charge on any atom is 0.212 e. The standard InChI is InChI=1S/2C29H28NO.C28H26NO.C27H26NO/c1-19-15-25-28(31-27-12-11-22-9-5-6-10-23(22)29(25)27)18-24(19)26-17-21(13-14-30(26)2)16-20-7-3-4-8-20;1-19-16-25-28(31-27-13-12-21-10-6-7-11-23(21)29(25)27)18-24(19)26-17-22(14-15-30(26)2)20-8-4-3-5-9-20;1-18-15-24-27(30-26-12-11-20-9-5-6-10-22(20)28(24)26)17-23(18)25-16-21(13-14-29(25)2)19-7-3-4-8-19;1-17(2)13-19-11-12-28(4)24(15-19)22-16-26-23(14-18(22)3)27-21-8-6-5-7-20(21)9-10-25(27)29-26/h5-6,9-15,17-18,20H,3-4,7-8,16H2,1-2H3;6-7,10-18,20H,3-5,8-9H2,1-2H3;5-6,9-17,19H,3-4,7-8H2,1-2H3;5-12,14-17H,13H2,1-4H3/q4*+1/i16D2;20D;19D;13D2. The highest BCUT2D eigenvalue weighted by molar-refractivity contribution is 6.23. The molecule has 3 saturated carbocycles. The highest BCUT2D eigenvalue weighted by Gasteiger charge is 2.28. The summed E-state index contributed by atoms with van der Waals surface area (Å²) in [6.07, 6.45) is 19.3. The fourth-order valence-corrected chi connectivity index (χ4v) is 19.9. The van der Waals surface area contributed by atoms with E-state index in [2.05, 4.69) is 280 Å². The van der Waals surface area contributed by atoms with Crippen molar-refractivity contribution < 1.29 is 44.2 Å². The number of fused-ring (bicyclic) bond motifs is 20. The lowest BCUT2D eigenvalue weighted by molar-refractivity contribution is -0.660. The van der Waals surface area contributed by atoms with Crippen molar-refractivity contribution in [3.8, 4) is 45.0 Å². The van der Waals surface area contributed by atoms with Gasteiger partial charge >= 0.3 is 0 Å². The molecule has 12 aromatic carbocycles. The van der Waals surface area contributed by atoms with Crippen LogP contribution in [0.3, 0.4) is 0 Å². The molecule has 8 aromatic heterocycles. The number of pyridine rings is 4. The van der Waals surface area contributed by atoms with Crippen molar-refractivity contribution in [2.75, 3.05) is 0 Å². The van der Waals surface area contributed by atoms with Crippen LogP contribution in [0.15, 0.2) is 285 Å². The van der Waals surface area contributed by atoms with E-state index in [-0.39, 0.29) is 11.8 Å². The third-order valence-electron chi connectivity index (χ3n) is 26.2. The molecule has 3 aliphatic rings. The Labute approximate surface area is 717 Å². The second-order valence-electron chi connectivity index (χ2n) is 34.7. The molecule has 121 heavy (non-hydrogen) atoms. The second-order valence-corrected chi connectivity index (χ2v) is 34.7. The lowest BCUT2D eigenvalue weighted by Gasteiger charge is -2.21. The van der Waals surface area contributed by atoms with Crippen molar-refractivity contribution in [1.82, 2.24) is 0 Å². The van der Waals surface area contributed by atoms with Crippen LogP contribution in [0, 0.1) is 39.5 Å². The summed E-state index contributed by atoms with van der Waals surface area (Å²) in [6.45, 7) is 12.4. The molecular formula is C113H108N4O4+4. The molecule has 600 valence electrons. The summed E-state index contributed by atoms with van der Waals surface area (Å²) in [4.78, 5) is 0. The van der Waals surface area contributed by atoms with Crippen LogP contribution in [0.5, 0.6) is 0 Å². The van der Waals surface area contributed by atoms with Gasteiger partial charge in [-0.15, -0.1) is 0 Å². The number of benzene rings is 12. The van der Waals surface area contributed by atoms with Crippen molar-refractivity contribution in [2.45, 2.75) is 150 Å². The Kier molecular flexibility index (Phi) is 18.7. The fraction of sp³-hybridized carbons (Fsp3) is 0.257. The molecule has 0 radical (unpaired) electrons. The Hall–Kier alpha value is -12.5. The SMILES string of the molecule is [2H]C([2H])(c1cc[n+](C)c(-c2cc3oc4ccc5ccccc5c4c3cc2C)c1)C(C)C.[2H]C([2H])(c1cc[n+](C)c(-c2cc3oc4ccc5ccccc5c4c3cc2C)c1)C1CCCC1.[2H]C1(c2cc[n+](C)c(-c3cc4oc5ccc6ccccc6c5c4cc3C)c2)CCCC1.[2H]C1(c2cc[n+](C)c(-c3cc4oc5ccc6ccccc6c5c4cc3C)c2)CCCCC1. The Bertz CT molecular complexity index is 7570. The fourth-order valence-electron chi connectivity index (χ4n) is 19.9. The van der Waals surface area contributed by atoms with Gasteiger partial charge < -0.3 is 17.7 Å². The molecule has 3 fully saturated rings. The number of hydrogen-bond acceptors (Lipinski definition) is 4. The van der Waals surface area contributed by atoms with E-state index in [0.29, 0.717) is 5.56 Å². The van der Waals surface area contributed by atoms with Gasteiger partial charge in [0.25, 0.3) is 0 Å². The molecule has 20 aromatic rings. The summed E-state index contributed by atoms with van der Waals surface area (Å²) >= 11 is 0. The average molecular weight is 1590 g/mol. The third-order valence-corrected chi connectivity index (χ3v) is 26.2. The Balaban J connectivity index is 0.000000107. The van der Waals surface area contributed by atoms with E-state index in [1.807, 2.05) is 75.2 Å². The van der Waals surface area contributed by atoms with Crippen molar-refractivity contribution in [3.63, 3.8) is 0 Å². The highest BCUT2D eigenvalue weighted by Crippen LogP contribution is 2.45. The van der Waals surface area contributed by atoms with Gasteiger partial charge in [0.15, 0.2) is 24.8 Å². The predicted octanol–water partition coefficient (Wildman–Crippen LogP) is 28.8. The molecule has 0 amide bonds. The van der Waals surface area contributed by atoms with Crippen LogP contribution in [-0.2, 0) is 40.9 Å². The van der Waals surface area contributed by atoms with Crippen molar-refractivity contribution in [1.29, 1.82) is 0 Å². The van der Waals surface area contributed by atoms with E-state index in [9.17, 15) is 0 Å². The maximum absolute atomic E-state index is 9.10. The van der Waals surface area contributed by atoms with E-state index < -0.39 is 24.5 Å². The normalized spacial score (nSPS) is 15.8. The molecule has 0 N–H and O–H groups in total. The Morgan fingerprint density at radius 1 is 0.306 bits per heavy atom. The van der Waals surface area contributed by atoms with E-state index in [1.165, 1.54) is 93.3 Å². The topological polar surface area (TPSA) is 68.1 Å². The molecule has 23 rings (SSSR count). The molecule has 8 nitrogen and oxygen atoms in total. The first-order valence-electron chi connectivity index (χ1n) is 46.7. The smallest absolute Gasteiger partial charge is 0.212 e. The van der Waals surface area contributed by atoms with Gasteiger partial charge in [-0.2, -0.15) is 0 Å². The molecule has 0 saturated heterocycles. The second kappa shape index (κ2) is 32.2. The first-order chi connectivity index (χ1) is 61.3. The summed E-state index contributed by atoms with van der Waals surface area (Å²) in [5.74, 6) is -0.915. The summed E-state index contributed by atoms with van der Waals surface area (Å²) in [7, 11) is 8.20. The first-order valence-corrected chi connectivity index (χ1v) is 43.7. The zero-order valence-electron chi connectivity index (χ0n) is 77.2. The molecule has 0 unspecified atom stereocenters. The maximum atomic E-state index is 9.10. The van der Waals surface area contributed by atoms with Crippen LogP contribution in [0.4, 0.5) is 0 Å². The lowest BCUT2D eigenvalue weighted by Crippen LogP contribution is -2.31. The van der Waals surface area contributed by atoms with Crippen LogP contribution in [0.1, 0.15) is 162 Å². The number of nitrogens with zero attached hydrogens (tertiary/aromatic N) is 4. The molecule has 0 atom stereocenters. The molecule has 0 aliphatic heterocycles. The van der Waals surface area contributed by atoms with Gasteiger partial charge in [0.2, 0.25) is 22.8 Å². The Morgan fingerprint density at radius 2 is 0.595 bits per heavy atom. The number of aromatic nitrogens is 4. The molecule has 8 heterocycles. The van der Waals surface area contributed by atoms with Crippen molar-refractivity contribution in [3.05, 3.63) is 312 Å². The summed E-state index contributed by atoms with van der Waals surface area (Å²) in [5.41, 5.74) is 24.4. The predicted molar refractivity (Wildman–Crippen MR) is 502 cm³/mol. The molecule has 8 heteroatoms. The number of aryl methyl sites for hydroxylation is 8. The Morgan fingerprint density at radius 3 is 0.934 bits per heavy atom. The van der Waals surface area contributed by atoms with Gasteiger partial charge in [0.05, 0.1) is 22.3 Å². The number of rotatable bonds is 10. The van der Waals surface area contributed by atoms with E-state index >= 15 is 0 Å². The molecule has 0 spiro atoms. The zero-order valence-corrected chi connectivity index (χ0v) is 71.2. The minimum Gasteiger partial charge on any atom is -0.456 e. The third kappa shape index (κ3) is 14.7. The largest absolute Gasteiger partial charge is 0.456 e. The van der Waals surface area contributed by atoms with Crippen molar-refractivity contribution in [2.24, 2.45) is 40.0 Å². The highest BCUT2D eigenvalue weighted by atomic mass is 16.3. The van der Waals surface area contributed by atoms with E-state index in [4.69, 9.17) is 25.9 Å². The zero-order chi connectivity index (χ0) is 87.7. The van der Waals surface area contributed by atoms with Crippen LogP contribution in [0.2, 0.25) is 0 Å². The van der Waals surface area contributed by atoms with Crippen molar-refractivity contribution >= 4 is 131 Å². The van der Waals surface area contributed by atoms with E-state index in [1.54, 1.807) is 0 Å². The van der Waals surface area contributed by atoms with Gasteiger partial charge in [0.1, 0.15) is 72.9 Å². The molecular weight excluding hydrogens is 1480 g/mol. The van der Waals surface area contributed by atoms with Gasteiger partial charge in [0, 0.05) is 99.8 Å². The summed E-state index contributed by atoms with van der Waals surface area (Å²) in [6, 6.07) is 84.7. The quantitative estimate of drug-likeness (QED) is 0.128. The van der Waals surface area contributed by atoms with Gasteiger partial charge in [-0.25, -0.2) is 18.3 Å². The number of hydrogen-bond donors (Lipinski definition) is 0. The van der Waals surface area contributed by atoms with Gasteiger partial charge in [-0.1, -0.05) is 193 Å². The van der Waals surface area contributed by atoms with Crippen LogP contribution in [-0.4, -0.2) is 0 Å². The molecule has 3 aliphatic carbocycles. The van der Waals surface area contributed by atoms with E-state index in [0.717, 1.165) is 205 Å². The molecule has 0 bridgehead atoms. The monoisotopic (exact) mass is 1590 g/mol. The summed E-state index contributed by atoms with van der Waals surface area (Å²) in [5, 5.41) is 19.0. The minimum absolute atomic E-state index is 0.102. The van der Waals surface area contributed by atoms with Gasteiger partial charge in [-0.3, -0.25) is 0 Å². The average Bonchev–Trinajstić information content (AvgIpc) is 1.61. The van der Waals surface area contributed by atoms with Gasteiger partial charge in [-0.05, 0) is 250 Å². The van der Waals surface area contributed by atoms with Crippen LogP contribution in [0.25, 0.3) is 176 Å². The number of furan rings is 4. The first kappa shape index (κ1) is 70.3.